The normalized spacial score (nSPS) is 9.95. The zero-order valence-corrected chi connectivity index (χ0v) is 11.3. The molecule has 0 aliphatic carbocycles. The maximum atomic E-state index is 11.1. The predicted molar refractivity (Wildman–Crippen MR) is 75.8 cm³/mol. The molecule has 0 spiro atoms. The van der Waals surface area contributed by atoms with Crippen LogP contribution in [0.2, 0.25) is 0 Å². The zero-order valence-electron chi connectivity index (χ0n) is 11.3. The molecule has 0 atom stereocenters. The molecule has 0 aliphatic heterocycles. The molecule has 6 heteroatoms. The summed E-state index contributed by atoms with van der Waals surface area (Å²) in [5, 5.41) is 11.1. The molecule has 6 nitrogen and oxygen atoms in total. The Kier molecular flexibility index (Phi) is 4.50. The molecule has 0 fully saturated rings. The lowest BCUT2D eigenvalue weighted by Gasteiger charge is -2.12. The summed E-state index contributed by atoms with van der Waals surface area (Å²) in [4.78, 5) is 21.5. The summed E-state index contributed by atoms with van der Waals surface area (Å²) in [7, 11) is 1.33. The van der Waals surface area contributed by atoms with Gasteiger partial charge in [-0.05, 0) is 11.6 Å². The summed E-state index contributed by atoms with van der Waals surface area (Å²) in [5.41, 5.74) is 0.810. The van der Waals surface area contributed by atoms with Gasteiger partial charge in [0, 0.05) is 6.07 Å². The molecule has 0 N–H and O–H groups in total. The lowest BCUT2D eigenvalue weighted by Crippen LogP contribution is -2.03. The van der Waals surface area contributed by atoms with E-state index in [4.69, 9.17) is 9.47 Å². The van der Waals surface area contributed by atoms with Gasteiger partial charge in [0.1, 0.15) is 6.61 Å². The number of carbonyl (C=O) groups is 1. The second kappa shape index (κ2) is 6.51. The van der Waals surface area contributed by atoms with E-state index in [1.807, 2.05) is 30.3 Å². The van der Waals surface area contributed by atoms with Gasteiger partial charge in [-0.2, -0.15) is 0 Å². The third kappa shape index (κ3) is 3.17. The maximum absolute atomic E-state index is 11.1. The monoisotopic (exact) mass is 287 g/mol. The predicted octanol–water partition coefficient (Wildman–Crippen LogP) is 2.99. The van der Waals surface area contributed by atoms with E-state index in [0.717, 1.165) is 5.56 Å². The van der Waals surface area contributed by atoms with Crippen LogP contribution in [-0.4, -0.2) is 18.3 Å². The van der Waals surface area contributed by atoms with Crippen molar-refractivity contribution in [3.63, 3.8) is 0 Å². The SMILES string of the molecule is COc1c(C=O)ccc([N+](=O)[O-])c1OCc1ccccc1. The number of methoxy groups -OCH3 is 1. The van der Waals surface area contributed by atoms with E-state index in [-0.39, 0.29) is 29.4 Å². The number of aldehydes is 1. The summed E-state index contributed by atoms with van der Waals surface area (Å²) >= 11 is 0. The van der Waals surface area contributed by atoms with Crippen molar-refractivity contribution in [2.75, 3.05) is 7.11 Å². The van der Waals surface area contributed by atoms with Crippen LogP contribution in [0.1, 0.15) is 15.9 Å². The van der Waals surface area contributed by atoms with Crippen LogP contribution < -0.4 is 9.47 Å². The molecule has 2 rings (SSSR count). The van der Waals surface area contributed by atoms with Gasteiger partial charge >= 0.3 is 5.69 Å². The van der Waals surface area contributed by atoms with E-state index in [9.17, 15) is 14.9 Å². The number of carbonyl (C=O) groups excluding carboxylic acids is 1. The van der Waals surface area contributed by atoms with Gasteiger partial charge in [0.2, 0.25) is 5.75 Å². The van der Waals surface area contributed by atoms with Gasteiger partial charge in [0.05, 0.1) is 17.6 Å². The second-order valence-electron chi connectivity index (χ2n) is 4.19. The average Bonchev–Trinajstić information content (AvgIpc) is 2.52. The van der Waals surface area contributed by atoms with E-state index < -0.39 is 4.92 Å². The van der Waals surface area contributed by atoms with E-state index >= 15 is 0 Å². The minimum absolute atomic E-state index is 0.0454. The van der Waals surface area contributed by atoms with Crippen molar-refractivity contribution in [2.24, 2.45) is 0 Å². The first-order chi connectivity index (χ1) is 10.2. The molecule has 0 heterocycles. The van der Waals surface area contributed by atoms with Crippen molar-refractivity contribution in [2.45, 2.75) is 6.61 Å². The van der Waals surface area contributed by atoms with Crippen LogP contribution in [0.15, 0.2) is 42.5 Å². The number of rotatable bonds is 6. The van der Waals surface area contributed by atoms with Crippen LogP contribution in [0.5, 0.6) is 11.5 Å². The highest BCUT2D eigenvalue weighted by Crippen LogP contribution is 2.39. The Balaban J connectivity index is 2.39. The molecule has 0 saturated carbocycles. The molecule has 0 bridgehead atoms. The van der Waals surface area contributed by atoms with Gasteiger partial charge in [-0.15, -0.1) is 0 Å². The Morgan fingerprint density at radius 1 is 1.14 bits per heavy atom. The fourth-order valence-electron chi connectivity index (χ4n) is 1.88. The quantitative estimate of drug-likeness (QED) is 0.463. The first-order valence-electron chi connectivity index (χ1n) is 6.14. The summed E-state index contributed by atoms with van der Waals surface area (Å²) < 4.78 is 10.6. The number of ether oxygens (including phenoxy) is 2. The van der Waals surface area contributed by atoms with Crippen molar-refractivity contribution in [3.05, 3.63) is 63.7 Å². The Morgan fingerprint density at radius 3 is 2.43 bits per heavy atom. The van der Waals surface area contributed by atoms with Crippen LogP contribution >= 0.6 is 0 Å². The fraction of sp³-hybridized carbons (Fsp3) is 0.133. The Bertz CT molecular complexity index is 655. The van der Waals surface area contributed by atoms with Gasteiger partial charge in [0.15, 0.2) is 12.0 Å². The number of nitro groups is 1. The number of hydrogen-bond donors (Lipinski definition) is 0. The van der Waals surface area contributed by atoms with E-state index in [1.165, 1.54) is 19.2 Å². The molecular weight excluding hydrogens is 274 g/mol. The molecule has 2 aromatic carbocycles. The number of nitro benzene ring substituents is 1. The van der Waals surface area contributed by atoms with Crippen molar-refractivity contribution < 1.29 is 19.2 Å². The van der Waals surface area contributed by atoms with Gasteiger partial charge < -0.3 is 9.47 Å². The highest BCUT2D eigenvalue weighted by molar-refractivity contribution is 5.83. The molecular formula is C15H13NO5. The van der Waals surface area contributed by atoms with Crippen LogP contribution in [0, 0.1) is 10.1 Å². The van der Waals surface area contributed by atoms with Crippen LogP contribution in [0.4, 0.5) is 5.69 Å². The third-order valence-electron chi connectivity index (χ3n) is 2.88. The molecule has 0 saturated heterocycles. The van der Waals surface area contributed by atoms with E-state index in [0.29, 0.717) is 6.29 Å². The average molecular weight is 287 g/mol. The molecule has 108 valence electrons. The first-order valence-corrected chi connectivity index (χ1v) is 6.14. The fourth-order valence-corrected chi connectivity index (χ4v) is 1.88. The lowest BCUT2D eigenvalue weighted by molar-refractivity contribution is -0.386. The highest BCUT2D eigenvalue weighted by atomic mass is 16.6. The van der Waals surface area contributed by atoms with Crippen LogP contribution in [-0.2, 0) is 6.61 Å². The van der Waals surface area contributed by atoms with Gasteiger partial charge in [-0.25, -0.2) is 0 Å². The molecule has 0 aromatic heterocycles. The molecule has 0 unspecified atom stereocenters. The molecule has 0 aliphatic rings. The van der Waals surface area contributed by atoms with Gasteiger partial charge in [0.25, 0.3) is 0 Å². The highest BCUT2D eigenvalue weighted by Gasteiger charge is 2.23. The zero-order chi connectivity index (χ0) is 15.2. The molecule has 21 heavy (non-hydrogen) atoms. The smallest absolute Gasteiger partial charge is 0.314 e. The molecule has 0 amide bonds. The van der Waals surface area contributed by atoms with Crippen LogP contribution in [0.25, 0.3) is 0 Å². The van der Waals surface area contributed by atoms with Gasteiger partial charge in [-0.1, -0.05) is 30.3 Å². The third-order valence-corrected chi connectivity index (χ3v) is 2.88. The van der Waals surface area contributed by atoms with E-state index in [2.05, 4.69) is 0 Å². The Morgan fingerprint density at radius 2 is 1.86 bits per heavy atom. The largest absolute Gasteiger partial charge is 0.492 e. The van der Waals surface area contributed by atoms with Crippen molar-refractivity contribution >= 4 is 12.0 Å². The standard InChI is InChI=1S/C15H13NO5/c1-20-14-12(9-17)7-8-13(16(18)19)15(14)21-10-11-5-3-2-4-6-11/h2-9H,10H2,1H3. The summed E-state index contributed by atoms with van der Waals surface area (Å²) in [6.07, 6.45) is 0.567. The number of benzene rings is 2. The summed E-state index contributed by atoms with van der Waals surface area (Å²) in [6.45, 7) is 0.139. The van der Waals surface area contributed by atoms with E-state index in [1.54, 1.807) is 0 Å². The van der Waals surface area contributed by atoms with Crippen LogP contribution in [0.3, 0.4) is 0 Å². The molecule has 0 radical (unpaired) electrons. The second-order valence-corrected chi connectivity index (χ2v) is 4.19. The van der Waals surface area contributed by atoms with Gasteiger partial charge in [-0.3, -0.25) is 14.9 Å². The lowest BCUT2D eigenvalue weighted by atomic mass is 10.1. The topological polar surface area (TPSA) is 78.7 Å². The Hall–Kier alpha value is -2.89. The maximum Gasteiger partial charge on any atom is 0.314 e. The number of hydrogen-bond acceptors (Lipinski definition) is 5. The minimum Gasteiger partial charge on any atom is -0.492 e. The number of nitrogens with zero attached hydrogens (tertiary/aromatic N) is 1. The molecule has 2 aromatic rings. The minimum atomic E-state index is -0.572. The van der Waals surface area contributed by atoms with Crippen molar-refractivity contribution in [1.29, 1.82) is 0 Å². The first kappa shape index (κ1) is 14.5. The summed E-state index contributed by atoms with van der Waals surface area (Å²) in [6, 6.07) is 11.8. The summed E-state index contributed by atoms with van der Waals surface area (Å²) in [5.74, 6) is 0.0195. The van der Waals surface area contributed by atoms with Crippen molar-refractivity contribution in [1.82, 2.24) is 0 Å². The van der Waals surface area contributed by atoms with Crippen molar-refractivity contribution in [3.8, 4) is 11.5 Å². The Labute approximate surface area is 121 Å².